The van der Waals surface area contributed by atoms with Crippen LogP contribution in [-0.2, 0) is 17.8 Å². The van der Waals surface area contributed by atoms with Crippen LogP contribution < -0.4 is 14.8 Å². The molecule has 7 heteroatoms. The third kappa shape index (κ3) is 5.09. The molecule has 6 nitrogen and oxygen atoms in total. The summed E-state index contributed by atoms with van der Waals surface area (Å²) in [5, 5.41) is 3.00. The molecule has 1 N–H and O–H groups in total. The van der Waals surface area contributed by atoms with Crippen molar-refractivity contribution in [1.82, 2.24) is 15.1 Å². The van der Waals surface area contributed by atoms with Gasteiger partial charge >= 0.3 is 0 Å². The molecule has 0 radical (unpaired) electrons. The molecular formula is C23H28FN3O3. The maximum absolute atomic E-state index is 13.0. The number of hydrogen-bond donors (Lipinski definition) is 1. The Hall–Kier alpha value is -2.64. The number of piperazine rings is 1. The van der Waals surface area contributed by atoms with Crippen molar-refractivity contribution < 1.29 is 18.7 Å². The molecule has 1 atom stereocenters. The number of nitrogens with zero attached hydrogens (tertiary/aromatic N) is 2. The molecule has 2 heterocycles. The van der Waals surface area contributed by atoms with Gasteiger partial charge < -0.3 is 14.8 Å². The molecule has 1 amide bonds. The molecule has 0 bridgehead atoms. The summed E-state index contributed by atoms with van der Waals surface area (Å²) in [5.74, 6) is 1.43. The van der Waals surface area contributed by atoms with Gasteiger partial charge in [0.2, 0.25) is 12.7 Å². The molecule has 4 rings (SSSR count). The molecule has 0 unspecified atom stereocenters. The van der Waals surface area contributed by atoms with Crippen LogP contribution in [0.15, 0.2) is 42.5 Å². The minimum atomic E-state index is -0.242. The van der Waals surface area contributed by atoms with Gasteiger partial charge in [-0.2, -0.15) is 0 Å². The Morgan fingerprint density at radius 1 is 1.03 bits per heavy atom. The fourth-order valence-electron chi connectivity index (χ4n) is 3.90. The summed E-state index contributed by atoms with van der Waals surface area (Å²) in [5.41, 5.74) is 2.22. The van der Waals surface area contributed by atoms with Gasteiger partial charge in [0.05, 0.1) is 6.04 Å². The monoisotopic (exact) mass is 413 g/mol. The third-order valence-corrected chi connectivity index (χ3v) is 5.80. The van der Waals surface area contributed by atoms with Crippen molar-refractivity contribution >= 4 is 5.91 Å². The molecule has 0 aromatic heterocycles. The fourth-order valence-corrected chi connectivity index (χ4v) is 3.90. The summed E-state index contributed by atoms with van der Waals surface area (Å²) in [6, 6.07) is 12.3. The highest BCUT2D eigenvalue weighted by Crippen LogP contribution is 2.32. The number of hydrogen-bond acceptors (Lipinski definition) is 5. The van der Waals surface area contributed by atoms with E-state index in [0.717, 1.165) is 49.8 Å². The van der Waals surface area contributed by atoms with Gasteiger partial charge in [0.1, 0.15) is 5.82 Å². The summed E-state index contributed by atoms with van der Waals surface area (Å²) in [6.07, 6.45) is 0.696. The summed E-state index contributed by atoms with van der Waals surface area (Å²) in [6.45, 7) is 7.22. The number of ether oxygens (including phenoxy) is 2. The second kappa shape index (κ2) is 9.45. The highest BCUT2D eigenvalue weighted by Gasteiger charge is 2.25. The minimum Gasteiger partial charge on any atom is -0.454 e. The van der Waals surface area contributed by atoms with E-state index in [4.69, 9.17) is 9.47 Å². The van der Waals surface area contributed by atoms with Gasteiger partial charge in [-0.05, 0) is 48.7 Å². The molecule has 1 saturated heterocycles. The van der Waals surface area contributed by atoms with Gasteiger partial charge in [0, 0.05) is 39.3 Å². The number of carbonyl (C=O) groups is 1. The van der Waals surface area contributed by atoms with Crippen LogP contribution in [-0.4, -0.2) is 61.3 Å². The summed E-state index contributed by atoms with van der Waals surface area (Å²) >= 11 is 0. The number of nitrogens with one attached hydrogen (secondary N) is 1. The zero-order valence-electron chi connectivity index (χ0n) is 17.3. The van der Waals surface area contributed by atoms with Crippen molar-refractivity contribution in [2.75, 3.05) is 39.5 Å². The number of carbonyl (C=O) groups excluding carboxylic acids is 1. The van der Waals surface area contributed by atoms with Crippen LogP contribution in [0.4, 0.5) is 4.39 Å². The van der Waals surface area contributed by atoms with Gasteiger partial charge in [0.15, 0.2) is 11.5 Å². The maximum Gasteiger partial charge on any atom is 0.237 e. The van der Waals surface area contributed by atoms with E-state index in [9.17, 15) is 9.18 Å². The van der Waals surface area contributed by atoms with E-state index in [-0.39, 0.29) is 17.8 Å². The molecule has 2 aliphatic heterocycles. The first-order valence-electron chi connectivity index (χ1n) is 10.5. The van der Waals surface area contributed by atoms with Gasteiger partial charge in [0.25, 0.3) is 0 Å². The van der Waals surface area contributed by atoms with E-state index in [2.05, 4.69) is 21.2 Å². The lowest BCUT2D eigenvalue weighted by atomic mass is 10.1. The van der Waals surface area contributed by atoms with Crippen molar-refractivity contribution in [3.8, 4) is 11.5 Å². The van der Waals surface area contributed by atoms with Crippen molar-refractivity contribution in [2.24, 2.45) is 0 Å². The van der Waals surface area contributed by atoms with Crippen LogP contribution in [0.1, 0.15) is 18.1 Å². The lowest BCUT2D eigenvalue weighted by Gasteiger charge is -2.37. The van der Waals surface area contributed by atoms with Crippen LogP contribution >= 0.6 is 0 Å². The number of rotatable bonds is 7. The number of benzene rings is 2. The van der Waals surface area contributed by atoms with Crippen LogP contribution in [0.2, 0.25) is 0 Å². The zero-order chi connectivity index (χ0) is 20.9. The van der Waals surface area contributed by atoms with Gasteiger partial charge in [-0.3, -0.25) is 14.6 Å². The second-order valence-electron chi connectivity index (χ2n) is 7.84. The van der Waals surface area contributed by atoms with Gasteiger partial charge in [-0.1, -0.05) is 18.2 Å². The van der Waals surface area contributed by atoms with E-state index in [0.29, 0.717) is 19.8 Å². The van der Waals surface area contributed by atoms with Gasteiger partial charge in [-0.15, -0.1) is 0 Å². The number of halogens is 1. The largest absolute Gasteiger partial charge is 0.454 e. The van der Waals surface area contributed by atoms with Gasteiger partial charge in [-0.25, -0.2) is 4.39 Å². The molecule has 1 fully saturated rings. The Morgan fingerprint density at radius 3 is 2.50 bits per heavy atom. The van der Waals surface area contributed by atoms with Crippen LogP contribution in [0, 0.1) is 5.82 Å². The van der Waals surface area contributed by atoms with Crippen LogP contribution in [0.3, 0.4) is 0 Å². The Kier molecular flexibility index (Phi) is 6.50. The summed E-state index contributed by atoms with van der Waals surface area (Å²) in [4.78, 5) is 17.1. The first kappa shape index (κ1) is 20.6. The molecule has 0 saturated carbocycles. The average Bonchev–Trinajstić information content (AvgIpc) is 3.23. The molecule has 0 aliphatic carbocycles. The lowest BCUT2D eigenvalue weighted by Crippen LogP contribution is -2.53. The molecular weight excluding hydrogens is 385 g/mol. The first-order valence-corrected chi connectivity index (χ1v) is 10.5. The average molecular weight is 413 g/mol. The first-order chi connectivity index (χ1) is 14.6. The quantitative estimate of drug-likeness (QED) is 0.756. The zero-order valence-corrected chi connectivity index (χ0v) is 17.3. The highest BCUT2D eigenvalue weighted by atomic mass is 19.1. The van der Waals surface area contributed by atoms with Crippen LogP contribution in [0.25, 0.3) is 0 Å². The molecule has 30 heavy (non-hydrogen) atoms. The standard InChI is InChI=1S/C23H28FN3O3/c1-17(23(28)25-9-8-18-2-5-20(24)6-3-18)27-12-10-26(11-13-27)15-19-4-7-21-22(14-19)30-16-29-21/h2-7,14,17H,8-13,15-16H2,1H3,(H,25,28)/t17-/m0/s1. The third-order valence-electron chi connectivity index (χ3n) is 5.80. The Bertz CT molecular complexity index is 866. The normalized spacial score (nSPS) is 17.7. The van der Waals surface area contributed by atoms with E-state index in [1.807, 2.05) is 19.1 Å². The second-order valence-corrected chi connectivity index (χ2v) is 7.84. The number of fused-ring (bicyclic) bond motifs is 1. The predicted molar refractivity (Wildman–Crippen MR) is 112 cm³/mol. The maximum atomic E-state index is 13.0. The molecule has 2 aliphatic rings. The SMILES string of the molecule is C[C@@H](C(=O)NCCc1ccc(F)cc1)N1CCN(Cc2ccc3c(c2)OCO3)CC1. The highest BCUT2D eigenvalue weighted by molar-refractivity contribution is 5.81. The minimum absolute atomic E-state index is 0.0429. The van der Waals surface area contributed by atoms with Crippen molar-refractivity contribution in [1.29, 1.82) is 0 Å². The Balaban J connectivity index is 1.19. The van der Waals surface area contributed by atoms with Crippen molar-refractivity contribution in [3.05, 3.63) is 59.4 Å². The van der Waals surface area contributed by atoms with E-state index in [1.54, 1.807) is 12.1 Å². The topological polar surface area (TPSA) is 54.0 Å². The molecule has 0 spiro atoms. The van der Waals surface area contributed by atoms with Crippen molar-refractivity contribution in [2.45, 2.75) is 25.9 Å². The molecule has 160 valence electrons. The summed E-state index contributed by atoms with van der Waals surface area (Å²) < 4.78 is 23.8. The molecule has 2 aromatic carbocycles. The van der Waals surface area contributed by atoms with E-state index >= 15 is 0 Å². The summed E-state index contributed by atoms with van der Waals surface area (Å²) in [7, 11) is 0. The number of amides is 1. The van der Waals surface area contributed by atoms with Crippen molar-refractivity contribution in [3.63, 3.8) is 0 Å². The fraction of sp³-hybridized carbons (Fsp3) is 0.435. The Morgan fingerprint density at radius 2 is 1.73 bits per heavy atom. The predicted octanol–water partition coefficient (Wildman–Crippen LogP) is 2.42. The Labute approximate surface area is 176 Å². The molecule has 2 aromatic rings. The lowest BCUT2D eigenvalue weighted by molar-refractivity contribution is -0.126. The van der Waals surface area contributed by atoms with E-state index in [1.165, 1.54) is 17.7 Å². The van der Waals surface area contributed by atoms with Crippen LogP contribution in [0.5, 0.6) is 11.5 Å². The smallest absolute Gasteiger partial charge is 0.237 e. The van der Waals surface area contributed by atoms with E-state index < -0.39 is 0 Å².